The molecule has 2 aliphatic rings. The van der Waals surface area contributed by atoms with Gasteiger partial charge in [0.05, 0.1) is 0 Å². The van der Waals surface area contributed by atoms with Crippen LogP contribution in [0.4, 0.5) is 24.5 Å². The van der Waals surface area contributed by atoms with Crippen LogP contribution < -0.4 is 15.4 Å². The number of anilines is 2. The van der Waals surface area contributed by atoms with Crippen molar-refractivity contribution < 1.29 is 35.3 Å². The summed E-state index contributed by atoms with van der Waals surface area (Å²) in [6.07, 6.45) is -4.03. The predicted molar refractivity (Wildman–Crippen MR) is 121 cm³/mol. The predicted octanol–water partition coefficient (Wildman–Crippen LogP) is 3.77. The molecule has 13 heteroatoms. The number of piperidine rings is 1. The van der Waals surface area contributed by atoms with Crippen LogP contribution in [0.1, 0.15) is 23.2 Å². The first-order valence-electron chi connectivity index (χ1n) is 10.1. The van der Waals surface area contributed by atoms with Crippen LogP contribution in [0.25, 0.3) is 0 Å². The topological polar surface area (TPSA) is 94.3 Å². The number of ketones is 1. The van der Waals surface area contributed by atoms with Gasteiger partial charge in [-0.15, -0.1) is 13.2 Å². The number of hydrogen-bond donors (Lipinski definition) is 1. The van der Waals surface area contributed by atoms with Crippen LogP contribution in [-0.2, 0) is 19.7 Å². The second kappa shape index (κ2) is 9.23. The number of alkyl halides is 3. The van der Waals surface area contributed by atoms with E-state index in [0.29, 0.717) is 29.9 Å². The molecule has 0 aliphatic carbocycles. The Morgan fingerprint density at radius 1 is 1.24 bits per heavy atom. The van der Waals surface area contributed by atoms with Crippen LogP contribution in [-0.4, -0.2) is 45.9 Å². The molecule has 34 heavy (non-hydrogen) atoms. The number of ether oxygens (including phenoxy) is 1. The van der Waals surface area contributed by atoms with E-state index in [0.717, 1.165) is 12.1 Å². The highest BCUT2D eigenvalue weighted by Crippen LogP contribution is 2.42. The first kappa shape index (κ1) is 24.5. The molecule has 0 amide bonds. The second-order valence-corrected chi connectivity index (χ2v) is 8.98. The quantitative estimate of drug-likeness (QED) is 0.472. The molecule has 2 saturated heterocycles. The molecule has 182 valence electrons. The van der Waals surface area contributed by atoms with E-state index < -0.39 is 29.6 Å². The number of nitrogens with zero attached hydrogens (tertiary/aromatic N) is 2. The lowest BCUT2D eigenvalue weighted by Gasteiger charge is -2.49. The summed E-state index contributed by atoms with van der Waals surface area (Å²) in [7, 11) is 1.77. The molecule has 0 saturated carbocycles. The minimum absolute atomic E-state index is 0.0638. The maximum atomic E-state index is 13.3. The Kier molecular flexibility index (Phi) is 6.66. The van der Waals surface area contributed by atoms with Crippen molar-refractivity contribution in [2.75, 3.05) is 18.5 Å². The van der Waals surface area contributed by atoms with Crippen molar-refractivity contribution in [1.82, 2.24) is 4.90 Å². The van der Waals surface area contributed by atoms with Crippen molar-refractivity contribution in [3.8, 4) is 5.75 Å². The monoisotopic (exact) mass is 515 g/mol. The van der Waals surface area contributed by atoms with Crippen molar-refractivity contribution >= 4 is 45.8 Å². The van der Waals surface area contributed by atoms with Gasteiger partial charge >= 0.3 is 17.7 Å². The average molecular weight is 516 g/mol. The largest absolute Gasteiger partial charge is 0.573 e. The lowest BCUT2D eigenvalue weighted by molar-refractivity contribution is -0.283. The van der Waals surface area contributed by atoms with Crippen molar-refractivity contribution in [1.29, 1.82) is 0 Å². The zero-order valence-electron chi connectivity index (χ0n) is 17.8. The number of hydrogen-bond acceptors (Lipinski definition) is 7. The summed E-state index contributed by atoms with van der Waals surface area (Å²) in [4.78, 5) is 16.5. The Morgan fingerprint density at radius 3 is 2.50 bits per heavy atom. The average Bonchev–Trinajstić information content (AvgIpc) is 2.74. The first-order valence-corrected chi connectivity index (χ1v) is 11.5. The third-order valence-electron chi connectivity index (χ3n) is 5.60. The van der Waals surface area contributed by atoms with Crippen LogP contribution in [0.2, 0.25) is 0 Å². The number of carbonyl (C=O) groups is 1. The van der Waals surface area contributed by atoms with Crippen LogP contribution in [0.3, 0.4) is 0 Å². The Bertz CT molecular complexity index is 1120. The summed E-state index contributed by atoms with van der Waals surface area (Å²) in [5, 5.41) is -0.0638. The summed E-state index contributed by atoms with van der Waals surface area (Å²) in [6.45, 7) is 0.513. The Morgan fingerprint density at radius 2 is 1.91 bits per heavy atom. The molecule has 4 rings (SSSR count). The fourth-order valence-corrected chi connectivity index (χ4v) is 5.00. The number of nitrogens with two attached hydrogens (primary N) is 1. The SMILES string of the molecule is CN1CCC(C(=O)c2cccc(N(C(N)=S)c3ccc(OC(F)(F)F)cc3)c2)CC12OS(=O)O2. The van der Waals surface area contributed by atoms with E-state index in [2.05, 4.69) is 4.74 Å². The van der Waals surface area contributed by atoms with Crippen LogP contribution in [0, 0.1) is 5.92 Å². The normalized spacial score (nSPS) is 24.9. The highest BCUT2D eigenvalue weighted by Gasteiger charge is 2.55. The summed E-state index contributed by atoms with van der Waals surface area (Å²) in [5.41, 5.74) is 7.14. The van der Waals surface area contributed by atoms with Gasteiger partial charge in [-0.25, -0.2) is 8.37 Å². The van der Waals surface area contributed by atoms with E-state index in [1.165, 1.54) is 17.0 Å². The summed E-state index contributed by atoms with van der Waals surface area (Å²) < 4.78 is 63.1. The number of benzene rings is 2. The van der Waals surface area contributed by atoms with Gasteiger partial charge in [0.1, 0.15) is 5.75 Å². The molecule has 0 aromatic heterocycles. The first-order chi connectivity index (χ1) is 16.0. The van der Waals surface area contributed by atoms with Crippen LogP contribution in [0.15, 0.2) is 48.5 Å². The minimum atomic E-state index is -4.81. The number of likely N-dealkylation sites (tertiary alicyclic amines) is 1. The molecule has 1 spiro atoms. The molecule has 2 heterocycles. The molecule has 1 unspecified atom stereocenters. The third kappa shape index (κ3) is 5.08. The van der Waals surface area contributed by atoms with Crippen molar-refractivity contribution in [3.05, 3.63) is 54.1 Å². The molecular formula is C21H20F3N3O5S2. The highest BCUT2D eigenvalue weighted by atomic mass is 32.2. The minimum Gasteiger partial charge on any atom is -0.406 e. The molecule has 8 nitrogen and oxygen atoms in total. The van der Waals surface area contributed by atoms with Gasteiger partial charge in [-0.1, -0.05) is 12.1 Å². The zero-order valence-corrected chi connectivity index (χ0v) is 19.4. The van der Waals surface area contributed by atoms with Gasteiger partial charge in [0.25, 0.3) is 5.91 Å². The number of halogens is 3. The lowest BCUT2D eigenvalue weighted by atomic mass is 9.87. The molecule has 2 fully saturated rings. The second-order valence-electron chi connectivity index (χ2n) is 7.82. The van der Waals surface area contributed by atoms with E-state index in [9.17, 15) is 22.2 Å². The van der Waals surface area contributed by atoms with Crippen molar-refractivity contribution in [2.24, 2.45) is 11.7 Å². The van der Waals surface area contributed by atoms with E-state index >= 15 is 0 Å². The smallest absolute Gasteiger partial charge is 0.406 e. The lowest BCUT2D eigenvalue weighted by Crippen LogP contribution is -2.62. The number of rotatable bonds is 5. The fraction of sp³-hybridized carbons (Fsp3) is 0.333. The Hall–Kier alpha value is -2.58. The van der Waals surface area contributed by atoms with Gasteiger partial charge in [0.15, 0.2) is 10.9 Å². The molecule has 1 atom stereocenters. The van der Waals surface area contributed by atoms with E-state index in [1.807, 2.05) is 0 Å². The Labute approximate surface area is 201 Å². The maximum absolute atomic E-state index is 13.3. The van der Waals surface area contributed by atoms with Crippen molar-refractivity contribution in [2.45, 2.75) is 25.1 Å². The fourth-order valence-electron chi connectivity index (χ4n) is 3.96. The van der Waals surface area contributed by atoms with Crippen molar-refractivity contribution in [3.63, 3.8) is 0 Å². The zero-order chi connectivity index (χ0) is 24.7. The van der Waals surface area contributed by atoms with Crippen LogP contribution in [0.5, 0.6) is 5.75 Å². The van der Waals surface area contributed by atoms with Gasteiger partial charge in [0, 0.05) is 35.8 Å². The number of thiocarbonyl (C=S) groups is 1. The van der Waals surface area contributed by atoms with E-state index in [-0.39, 0.29) is 23.1 Å². The molecular weight excluding hydrogens is 495 g/mol. The summed E-state index contributed by atoms with van der Waals surface area (Å²) >= 11 is 3.33. The number of Topliss-reactive ketones (excluding diaryl/α,β-unsaturated/α-hetero) is 1. The highest BCUT2D eigenvalue weighted by molar-refractivity contribution is 7.80. The van der Waals surface area contributed by atoms with Gasteiger partial charge in [-0.2, -0.15) is 4.21 Å². The van der Waals surface area contributed by atoms with Gasteiger partial charge in [-0.05, 0) is 62.1 Å². The number of carbonyl (C=O) groups excluding carboxylic acids is 1. The third-order valence-corrected chi connectivity index (χ3v) is 6.58. The molecule has 2 aromatic carbocycles. The molecule has 0 bridgehead atoms. The molecule has 0 radical (unpaired) electrons. The van der Waals surface area contributed by atoms with Crippen LogP contribution >= 0.6 is 12.2 Å². The van der Waals surface area contributed by atoms with Gasteiger partial charge in [0.2, 0.25) is 0 Å². The van der Waals surface area contributed by atoms with E-state index in [1.54, 1.807) is 36.2 Å². The standard InChI is InChI=1S/C21H20F3N3O5S2/c1-26-10-9-14(12-20(26)31-34(29)32-20)18(28)13-3-2-4-16(11-13)27(19(25)33)15-5-7-17(8-6-15)30-21(22,23)24/h2-8,11,14H,9-10,12H2,1H3,(H2,25,33). The summed E-state index contributed by atoms with van der Waals surface area (Å²) in [5.74, 6) is -2.15. The maximum Gasteiger partial charge on any atom is 0.573 e. The molecule has 2 N–H and O–H groups in total. The molecule has 2 aliphatic heterocycles. The van der Waals surface area contributed by atoms with Gasteiger partial charge in [-0.3, -0.25) is 14.6 Å². The molecule has 2 aromatic rings. The van der Waals surface area contributed by atoms with E-state index in [4.69, 9.17) is 26.3 Å². The Balaban J connectivity index is 1.56. The van der Waals surface area contributed by atoms with Gasteiger partial charge < -0.3 is 10.5 Å². The summed E-state index contributed by atoms with van der Waals surface area (Å²) in [6, 6.07) is 11.6.